The van der Waals surface area contributed by atoms with Gasteiger partial charge in [0.25, 0.3) is 11.1 Å². The van der Waals surface area contributed by atoms with Crippen LogP contribution < -0.4 is 11.3 Å². The highest BCUT2D eigenvalue weighted by atomic mass is 32.2. The second kappa shape index (κ2) is 5.33. The first-order valence-corrected chi connectivity index (χ1v) is 5.96. The standard InChI is InChI=1S/C9H13N3O3S/c10-12-8(13)7-2-1-6(15-7)5-16-9-11-3-4-14-9/h3-4,6-7H,1-2,5,10H2,(H,12,13). The number of nitrogens with zero attached hydrogens (tertiary/aromatic N) is 1. The first kappa shape index (κ1) is 11.4. The lowest BCUT2D eigenvalue weighted by molar-refractivity contribution is -0.131. The molecule has 2 heterocycles. The molecule has 0 aliphatic carbocycles. The molecule has 1 aromatic rings. The maximum absolute atomic E-state index is 11.2. The molecule has 88 valence electrons. The number of nitrogens with one attached hydrogen (secondary N) is 1. The molecule has 1 fully saturated rings. The molecule has 0 spiro atoms. The summed E-state index contributed by atoms with van der Waals surface area (Å²) in [7, 11) is 0. The van der Waals surface area contributed by atoms with Crippen LogP contribution in [-0.2, 0) is 9.53 Å². The third-order valence-corrected chi connectivity index (χ3v) is 3.33. The number of carbonyl (C=O) groups is 1. The van der Waals surface area contributed by atoms with E-state index in [1.54, 1.807) is 6.20 Å². The summed E-state index contributed by atoms with van der Waals surface area (Å²) in [5.74, 6) is 5.51. The second-order valence-corrected chi connectivity index (χ2v) is 4.41. The normalized spacial score (nSPS) is 24.6. The van der Waals surface area contributed by atoms with Gasteiger partial charge < -0.3 is 9.15 Å². The van der Waals surface area contributed by atoms with E-state index in [0.717, 1.165) is 12.2 Å². The minimum atomic E-state index is -0.417. The summed E-state index contributed by atoms with van der Waals surface area (Å²) < 4.78 is 10.6. The molecule has 0 aromatic carbocycles. The summed E-state index contributed by atoms with van der Waals surface area (Å²) in [6.45, 7) is 0. The van der Waals surface area contributed by atoms with Crippen LogP contribution in [0.3, 0.4) is 0 Å². The summed E-state index contributed by atoms with van der Waals surface area (Å²) in [5.41, 5.74) is 2.10. The number of ether oxygens (including phenoxy) is 1. The first-order chi connectivity index (χ1) is 7.79. The van der Waals surface area contributed by atoms with Gasteiger partial charge in [0.1, 0.15) is 12.4 Å². The van der Waals surface area contributed by atoms with Crippen molar-refractivity contribution in [2.45, 2.75) is 30.3 Å². The molecule has 1 aliphatic rings. The highest BCUT2D eigenvalue weighted by molar-refractivity contribution is 7.99. The minimum absolute atomic E-state index is 0.0548. The Bertz CT molecular complexity index is 344. The van der Waals surface area contributed by atoms with Gasteiger partial charge >= 0.3 is 0 Å². The van der Waals surface area contributed by atoms with Gasteiger partial charge in [-0.2, -0.15) is 0 Å². The van der Waals surface area contributed by atoms with Gasteiger partial charge in [-0.1, -0.05) is 11.8 Å². The Kier molecular flexibility index (Phi) is 3.81. The van der Waals surface area contributed by atoms with E-state index in [9.17, 15) is 4.79 Å². The zero-order chi connectivity index (χ0) is 11.4. The van der Waals surface area contributed by atoms with E-state index in [1.165, 1.54) is 18.0 Å². The van der Waals surface area contributed by atoms with Crippen LogP contribution in [0.1, 0.15) is 12.8 Å². The number of oxazole rings is 1. The fourth-order valence-electron chi connectivity index (χ4n) is 1.56. The zero-order valence-electron chi connectivity index (χ0n) is 8.59. The Balaban J connectivity index is 1.75. The Morgan fingerprint density at radius 3 is 3.25 bits per heavy atom. The van der Waals surface area contributed by atoms with Gasteiger partial charge in [0, 0.05) is 5.75 Å². The van der Waals surface area contributed by atoms with Gasteiger partial charge in [0.15, 0.2) is 0 Å². The maximum Gasteiger partial charge on any atom is 0.263 e. The summed E-state index contributed by atoms with van der Waals surface area (Å²) in [6.07, 6.45) is 4.33. The van der Waals surface area contributed by atoms with Crippen LogP contribution in [0.15, 0.2) is 22.1 Å². The molecular formula is C9H13N3O3S. The lowest BCUT2D eigenvalue weighted by Gasteiger charge is -2.10. The number of aromatic nitrogens is 1. The zero-order valence-corrected chi connectivity index (χ0v) is 9.40. The van der Waals surface area contributed by atoms with Gasteiger partial charge in [0.05, 0.1) is 12.3 Å². The average Bonchev–Trinajstić information content (AvgIpc) is 2.96. The van der Waals surface area contributed by atoms with Crippen LogP contribution in [0.4, 0.5) is 0 Å². The second-order valence-electron chi connectivity index (χ2n) is 3.44. The van der Waals surface area contributed by atoms with E-state index in [4.69, 9.17) is 15.0 Å². The van der Waals surface area contributed by atoms with Gasteiger partial charge in [-0.25, -0.2) is 10.8 Å². The highest BCUT2D eigenvalue weighted by Gasteiger charge is 2.30. The number of thioether (sulfide) groups is 1. The van der Waals surface area contributed by atoms with Crippen molar-refractivity contribution in [3.05, 3.63) is 12.5 Å². The van der Waals surface area contributed by atoms with E-state index in [2.05, 4.69) is 10.4 Å². The Labute approximate surface area is 96.9 Å². The van der Waals surface area contributed by atoms with Crippen molar-refractivity contribution >= 4 is 17.7 Å². The van der Waals surface area contributed by atoms with E-state index in [-0.39, 0.29) is 12.0 Å². The van der Waals surface area contributed by atoms with Gasteiger partial charge in [-0.15, -0.1) is 0 Å². The maximum atomic E-state index is 11.2. The number of hydrogen-bond donors (Lipinski definition) is 2. The van der Waals surface area contributed by atoms with E-state index >= 15 is 0 Å². The summed E-state index contributed by atoms with van der Waals surface area (Å²) in [4.78, 5) is 15.2. The Hall–Kier alpha value is -1.05. The monoisotopic (exact) mass is 243 g/mol. The van der Waals surface area contributed by atoms with Crippen molar-refractivity contribution in [3.8, 4) is 0 Å². The molecule has 1 amide bonds. The molecular weight excluding hydrogens is 230 g/mol. The molecule has 0 radical (unpaired) electrons. The lowest BCUT2D eigenvalue weighted by atomic mass is 10.2. The van der Waals surface area contributed by atoms with Crippen molar-refractivity contribution in [1.82, 2.24) is 10.4 Å². The number of nitrogens with two attached hydrogens (primary N) is 1. The van der Waals surface area contributed by atoms with Gasteiger partial charge in [-0.3, -0.25) is 10.2 Å². The summed E-state index contributed by atoms with van der Waals surface area (Å²) >= 11 is 1.48. The number of amides is 1. The quantitative estimate of drug-likeness (QED) is 0.342. The molecule has 1 aromatic heterocycles. The first-order valence-electron chi connectivity index (χ1n) is 4.98. The molecule has 0 saturated carbocycles. The van der Waals surface area contributed by atoms with Crippen molar-refractivity contribution in [2.24, 2.45) is 5.84 Å². The lowest BCUT2D eigenvalue weighted by Crippen LogP contribution is -2.39. The van der Waals surface area contributed by atoms with Gasteiger partial charge in [0.2, 0.25) is 0 Å². The van der Waals surface area contributed by atoms with Crippen LogP contribution in [0.25, 0.3) is 0 Å². The molecule has 1 saturated heterocycles. The molecule has 6 nitrogen and oxygen atoms in total. The van der Waals surface area contributed by atoms with Crippen molar-refractivity contribution in [1.29, 1.82) is 0 Å². The molecule has 7 heteroatoms. The predicted octanol–water partition coefficient (Wildman–Crippen LogP) is 0.304. The van der Waals surface area contributed by atoms with E-state index in [0.29, 0.717) is 11.6 Å². The Morgan fingerprint density at radius 2 is 2.56 bits per heavy atom. The van der Waals surface area contributed by atoms with Crippen LogP contribution >= 0.6 is 11.8 Å². The minimum Gasteiger partial charge on any atom is -0.440 e. The van der Waals surface area contributed by atoms with Crippen molar-refractivity contribution in [2.75, 3.05) is 5.75 Å². The summed E-state index contributed by atoms with van der Waals surface area (Å²) in [5, 5.41) is 0.621. The number of hydrazine groups is 1. The molecule has 16 heavy (non-hydrogen) atoms. The Morgan fingerprint density at radius 1 is 1.69 bits per heavy atom. The number of rotatable bonds is 4. The van der Waals surface area contributed by atoms with Crippen LogP contribution in [-0.4, -0.2) is 28.9 Å². The summed E-state index contributed by atoms with van der Waals surface area (Å²) in [6, 6.07) is 0. The third kappa shape index (κ3) is 2.75. The molecule has 2 rings (SSSR count). The fourth-order valence-corrected chi connectivity index (χ4v) is 2.39. The average molecular weight is 243 g/mol. The van der Waals surface area contributed by atoms with Crippen molar-refractivity contribution in [3.63, 3.8) is 0 Å². The SMILES string of the molecule is NNC(=O)C1CCC(CSc2ncco2)O1. The van der Waals surface area contributed by atoms with Crippen LogP contribution in [0, 0.1) is 0 Å². The van der Waals surface area contributed by atoms with E-state index < -0.39 is 6.10 Å². The molecule has 1 aliphatic heterocycles. The number of carbonyl (C=O) groups excluding carboxylic acids is 1. The van der Waals surface area contributed by atoms with Gasteiger partial charge in [-0.05, 0) is 12.8 Å². The van der Waals surface area contributed by atoms with Crippen LogP contribution in [0.2, 0.25) is 0 Å². The molecule has 2 unspecified atom stereocenters. The van der Waals surface area contributed by atoms with Crippen LogP contribution in [0.5, 0.6) is 0 Å². The molecule has 2 atom stereocenters. The third-order valence-electron chi connectivity index (χ3n) is 2.34. The smallest absolute Gasteiger partial charge is 0.263 e. The fraction of sp³-hybridized carbons (Fsp3) is 0.556. The number of hydrogen-bond acceptors (Lipinski definition) is 6. The molecule has 0 bridgehead atoms. The largest absolute Gasteiger partial charge is 0.440 e. The van der Waals surface area contributed by atoms with Crippen molar-refractivity contribution < 1.29 is 13.9 Å². The predicted molar refractivity (Wildman–Crippen MR) is 57.5 cm³/mol. The topological polar surface area (TPSA) is 90.4 Å². The molecule has 3 N–H and O–H groups in total. The highest BCUT2D eigenvalue weighted by Crippen LogP contribution is 2.25. The van der Waals surface area contributed by atoms with E-state index in [1.807, 2.05) is 0 Å².